The summed E-state index contributed by atoms with van der Waals surface area (Å²) in [5, 5.41) is 3.49. The highest BCUT2D eigenvalue weighted by Gasteiger charge is 2.23. The molecule has 3 nitrogen and oxygen atoms in total. The summed E-state index contributed by atoms with van der Waals surface area (Å²) in [6.07, 6.45) is 6.27. The number of rotatable bonds is 2. The van der Waals surface area contributed by atoms with Crippen LogP contribution in [-0.2, 0) is 0 Å². The summed E-state index contributed by atoms with van der Waals surface area (Å²) in [6.45, 7) is 2.20. The molecule has 1 aliphatic carbocycles. The number of nitrogens with one attached hydrogen (secondary N) is 1. The summed E-state index contributed by atoms with van der Waals surface area (Å²) in [4.78, 5) is 15.9. The van der Waals surface area contributed by atoms with Crippen LogP contribution in [0.1, 0.15) is 43.0 Å². The molecule has 92 valence electrons. The first kappa shape index (κ1) is 12.4. The van der Waals surface area contributed by atoms with Gasteiger partial charge in [-0.05, 0) is 30.9 Å². The molecular formula is C13H17ClN2O. The Balaban J connectivity index is 1.98. The molecule has 0 spiro atoms. The van der Waals surface area contributed by atoms with Crippen LogP contribution in [0.4, 0.5) is 0 Å². The van der Waals surface area contributed by atoms with Crippen LogP contribution in [0.5, 0.6) is 0 Å². The molecular weight excluding hydrogens is 236 g/mol. The second kappa shape index (κ2) is 5.50. The van der Waals surface area contributed by atoms with E-state index in [-0.39, 0.29) is 5.91 Å². The third kappa shape index (κ3) is 3.19. The quantitative estimate of drug-likeness (QED) is 0.822. The number of halogens is 1. The minimum atomic E-state index is -0.0482. The number of hydrogen-bond acceptors (Lipinski definition) is 2. The number of carbonyl (C=O) groups is 1. The molecule has 1 aromatic heterocycles. The first-order valence-electron chi connectivity index (χ1n) is 6.09. The molecule has 1 heterocycles. The first-order chi connectivity index (χ1) is 8.16. The number of aromatic nitrogens is 1. The van der Waals surface area contributed by atoms with Gasteiger partial charge in [-0.2, -0.15) is 0 Å². The molecule has 0 aliphatic heterocycles. The predicted molar refractivity (Wildman–Crippen MR) is 68.1 cm³/mol. The Morgan fingerprint density at radius 1 is 1.41 bits per heavy atom. The monoisotopic (exact) mass is 252 g/mol. The van der Waals surface area contributed by atoms with E-state index in [1.54, 1.807) is 12.1 Å². The molecule has 0 saturated heterocycles. The lowest BCUT2D eigenvalue weighted by Crippen LogP contribution is -2.41. The smallest absolute Gasteiger partial charge is 0.253 e. The second-order valence-corrected chi connectivity index (χ2v) is 5.10. The van der Waals surface area contributed by atoms with Crippen molar-refractivity contribution in [2.24, 2.45) is 5.92 Å². The average Bonchev–Trinajstić information content (AvgIpc) is 2.33. The number of amides is 1. The molecule has 1 N–H and O–H groups in total. The number of carbonyl (C=O) groups excluding carboxylic acids is 1. The van der Waals surface area contributed by atoms with Crippen molar-refractivity contribution in [3.05, 3.63) is 29.0 Å². The van der Waals surface area contributed by atoms with E-state index in [4.69, 9.17) is 11.6 Å². The van der Waals surface area contributed by atoms with E-state index < -0.39 is 0 Å². The van der Waals surface area contributed by atoms with Crippen molar-refractivity contribution in [1.29, 1.82) is 0 Å². The van der Waals surface area contributed by atoms with Gasteiger partial charge in [-0.15, -0.1) is 0 Å². The topological polar surface area (TPSA) is 42.0 Å². The van der Waals surface area contributed by atoms with E-state index in [9.17, 15) is 4.79 Å². The van der Waals surface area contributed by atoms with E-state index in [2.05, 4.69) is 17.2 Å². The summed E-state index contributed by atoms with van der Waals surface area (Å²) < 4.78 is 0. The molecule has 0 bridgehead atoms. The molecule has 1 amide bonds. The lowest BCUT2D eigenvalue weighted by atomic mass is 9.86. The van der Waals surface area contributed by atoms with Gasteiger partial charge in [-0.3, -0.25) is 4.79 Å². The minimum absolute atomic E-state index is 0.0482. The molecule has 2 rings (SSSR count). The Morgan fingerprint density at radius 2 is 2.18 bits per heavy atom. The van der Waals surface area contributed by atoms with Crippen LogP contribution in [-0.4, -0.2) is 16.9 Å². The van der Waals surface area contributed by atoms with Gasteiger partial charge in [-0.1, -0.05) is 31.4 Å². The van der Waals surface area contributed by atoms with E-state index >= 15 is 0 Å². The third-order valence-corrected chi connectivity index (χ3v) is 3.64. The molecule has 0 radical (unpaired) electrons. The van der Waals surface area contributed by atoms with Gasteiger partial charge in [0.05, 0.1) is 5.56 Å². The van der Waals surface area contributed by atoms with Crippen LogP contribution in [0, 0.1) is 5.92 Å². The normalized spacial score (nSPS) is 24.4. The molecule has 1 saturated carbocycles. The zero-order chi connectivity index (χ0) is 12.3. The van der Waals surface area contributed by atoms with Crippen molar-refractivity contribution >= 4 is 17.5 Å². The Labute approximate surface area is 107 Å². The lowest BCUT2D eigenvalue weighted by molar-refractivity contribution is 0.0910. The van der Waals surface area contributed by atoms with Crippen molar-refractivity contribution < 1.29 is 4.79 Å². The van der Waals surface area contributed by atoms with Gasteiger partial charge in [0.15, 0.2) is 0 Å². The number of pyridine rings is 1. The molecule has 2 atom stereocenters. The van der Waals surface area contributed by atoms with E-state index in [0.29, 0.717) is 22.7 Å². The number of hydrogen-bond donors (Lipinski definition) is 1. The fourth-order valence-corrected chi connectivity index (χ4v) is 2.40. The highest BCUT2D eigenvalue weighted by molar-refractivity contribution is 6.29. The summed E-state index contributed by atoms with van der Waals surface area (Å²) in [5.74, 6) is 0.515. The van der Waals surface area contributed by atoms with Gasteiger partial charge in [0, 0.05) is 12.2 Å². The van der Waals surface area contributed by atoms with Crippen molar-refractivity contribution in [2.45, 2.75) is 38.6 Å². The predicted octanol–water partition coefficient (Wildman–Crippen LogP) is 3.04. The van der Waals surface area contributed by atoms with Gasteiger partial charge < -0.3 is 5.32 Å². The molecule has 0 unspecified atom stereocenters. The molecule has 1 aromatic rings. The Morgan fingerprint density at radius 3 is 2.82 bits per heavy atom. The van der Waals surface area contributed by atoms with Crippen LogP contribution in [0.3, 0.4) is 0 Å². The van der Waals surface area contributed by atoms with Crippen molar-refractivity contribution in [1.82, 2.24) is 10.3 Å². The summed E-state index contributed by atoms with van der Waals surface area (Å²) >= 11 is 5.69. The summed E-state index contributed by atoms with van der Waals surface area (Å²) in [7, 11) is 0. The zero-order valence-corrected chi connectivity index (χ0v) is 10.7. The Kier molecular flexibility index (Phi) is 4.00. The maximum atomic E-state index is 12.0. The van der Waals surface area contributed by atoms with Crippen molar-refractivity contribution in [3.63, 3.8) is 0 Å². The Hall–Kier alpha value is -1.09. The van der Waals surface area contributed by atoms with Gasteiger partial charge in [-0.25, -0.2) is 4.98 Å². The van der Waals surface area contributed by atoms with Crippen LogP contribution in [0.25, 0.3) is 0 Å². The molecule has 17 heavy (non-hydrogen) atoms. The third-order valence-electron chi connectivity index (χ3n) is 3.42. The highest BCUT2D eigenvalue weighted by Crippen LogP contribution is 2.23. The highest BCUT2D eigenvalue weighted by atomic mass is 35.5. The molecule has 1 fully saturated rings. The van der Waals surface area contributed by atoms with Crippen molar-refractivity contribution in [2.75, 3.05) is 0 Å². The zero-order valence-electron chi connectivity index (χ0n) is 9.95. The Bertz CT molecular complexity index is 391. The average molecular weight is 253 g/mol. The van der Waals surface area contributed by atoms with Crippen LogP contribution in [0.2, 0.25) is 5.15 Å². The first-order valence-corrected chi connectivity index (χ1v) is 6.47. The van der Waals surface area contributed by atoms with Gasteiger partial charge in [0.25, 0.3) is 5.91 Å². The largest absolute Gasteiger partial charge is 0.349 e. The minimum Gasteiger partial charge on any atom is -0.349 e. The summed E-state index contributed by atoms with van der Waals surface area (Å²) in [5.41, 5.74) is 0.576. The van der Waals surface area contributed by atoms with E-state index in [1.807, 2.05) is 0 Å². The maximum absolute atomic E-state index is 12.0. The lowest BCUT2D eigenvalue weighted by Gasteiger charge is -2.29. The molecule has 4 heteroatoms. The van der Waals surface area contributed by atoms with Gasteiger partial charge in [0.1, 0.15) is 5.15 Å². The van der Waals surface area contributed by atoms with Gasteiger partial charge >= 0.3 is 0 Å². The molecule has 1 aliphatic rings. The van der Waals surface area contributed by atoms with Crippen LogP contribution in [0.15, 0.2) is 18.3 Å². The standard InChI is InChI=1S/C13H17ClN2O/c1-9-4-2-3-5-11(9)16-13(17)10-6-7-12(14)15-8-10/h6-9,11H,2-5H2,1H3,(H,16,17)/t9-,11+/m1/s1. The molecule has 0 aromatic carbocycles. The maximum Gasteiger partial charge on any atom is 0.253 e. The van der Waals surface area contributed by atoms with Crippen LogP contribution >= 0.6 is 11.6 Å². The van der Waals surface area contributed by atoms with Crippen molar-refractivity contribution in [3.8, 4) is 0 Å². The van der Waals surface area contributed by atoms with E-state index in [1.165, 1.54) is 25.5 Å². The van der Waals surface area contributed by atoms with Crippen LogP contribution < -0.4 is 5.32 Å². The summed E-state index contributed by atoms with van der Waals surface area (Å²) in [6, 6.07) is 3.64. The fourth-order valence-electron chi connectivity index (χ4n) is 2.29. The second-order valence-electron chi connectivity index (χ2n) is 4.71. The SMILES string of the molecule is C[C@@H]1CCCC[C@@H]1NC(=O)c1ccc(Cl)nc1. The fraction of sp³-hybridized carbons (Fsp3) is 0.538. The number of nitrogens with zero attached hydrogens (tertiary/aromatic N) is 1. The van der Waals surface area contributed by atoms with E-state index in [0.717, 1.165) is 6.42 Å². The van der Waals surface area contributed by atoms with Gasteiger partial charge in [0.2, 0.25) is 0 Å².